The van der Waals surface area contributed by atoms with Gasteiger partial charge >= 0.3 is 0 Å². The summed E-state index contributed by atoms with van der Waals surface area (Å²) < 4.78 is 0. The van der Waals surface area contributed by atoms with Gasteiger partial charge in [0.2, 0.25) is 5.91 Å². The van der Waals surface area contributed by atoms with E-state index in [2.05, 4.69) is 4.98 Å². The van der Waals surface area contributed by atoms with Crippen LogP contribution in [0.15, 0.2) is 48.8 Å². The van der Waals surface area contributed by atoms with Crippen molar-refractivity contribution in [2.24, 2.45) is 0 Å². The predicted molar refractivity (Wildman–Crippen MR) is 83.0 cm³/mol. The normalized spacial score (nSPS) is 14.0. The van der Waals surface area contributed by atoms with Crippen molar-refractivity contribution in [2.75, 3.05) is 0 Å². The molecular weight excluding hydrogens is 284 g/mol. The molecule has 1 aromatic carbocycles. The van der Waals surface area contributed by atoms with E-state index >= 15 is 0 Å². The summed E-state index contributed by atoms with van der Waals surface area (Å²) >= 11 is 6.15. The van der Waals surface area contributed by atoms with Crippen LogP contribution in [0.2, 0.25) is 5.02 Å². The van der Waals surface area contributed by atoms with E-state index in [4.69, 9.17) is 11.6 Å². The first kappa shape index (κ1) is 14.1. The molecule has 108 valence electrons. The van der Waals surface area contributed by atoms with Gasteiger partial charge in [-0.05, 0) is 42.2 Å². The first-order chi connectivity index (χ1) is 10.2. The first-order valence-corrected chi connectivity index (χ1v) is 7.53. The Bertz CT molecular complexity index is 626. The van der Waals surface area contributed by atoms with Crippen LogP contribution in [0.4, 0.5) is 0 Å². The van der Waals surface area contributed by atoms with Gasteiger partial charge in [-0.2, -0.15) is 0 Å². The Morgan fingerprint density at radius 1 is 1.19 bits per heavy atom. The van der Waals surface area contributed by atoms with Gasteiger partial charge in [0.05, 0.1) is 6.42 Å². The third-order valence-electron chi connectivity index (χ3n) is 3.71. The highest BCUT2D eigenvalue weighted by Gasteiger charge is 2.32. The van der Waals surface area contributed by atoms with Gasteiger partial charge in [-0.1, -0.05) is 29.8 Å². The van der Waals surface area contributed by atoms with Gasteiger partial charge in [0.15, 0.2) is 0 Å². The maximum absolute atomic E-state index is 12.6. The maximum Gasteiger partial charge on any atom is 0.227 e. The lowest BCUT2D eigenvalue weighted by Gasteiger charge is -2.23. The SMILES string of the molecule is O=C(Cc1ccccc1Cl)N(Cc1ccncc1)C1CC1. The van der Waals surface area contributed by atoms with Gasteiger partial charge in [0.1, 0.15) is 0 Å². The topological polar surface area (TPSA) is 33.2 Å². The molecule has 1 amide bonds. The number of halogens is 1. The number of hydrogen-bond donors (Lipinski definition) is 0. The summed E-state index contributed by atoms with van der Waals surface area (Å²) in [6.45, 7) is 0.649. The number of carbonyl (C=O) groups is 1. The van der Waals surface area contributed by atoms with Crippen LogP contribution >= 0.6 is 11.6 Å². The number of rotatable bonds is 5. The van der Waals surface area contributed by atoms with Crippen LogP contribution in [0.5, 0.6) is 0 Å². The highest BCUT2D eigenvalue weighted by atomic mass is 35.5. The van der Waals surface area contributed by atoms with Crippen LogP contribution in [0.1, 0.15) is 24.0 Å². The van der Waals surface area contributed by atoms with E-state index in [1.807, 2.05) is 41.3 Å². The van der Waals surface area contributed by atoms with Gasteiger partial charge in [0, 0.05) is 30.0 Å². The molecule has 1 aromatic heterocycles. The second kappa shape index (κ2) is 6.27. The number of carbonyl (C=O) groups excluding carboxylic acids is 1. The first-order valence-electron chi connectivity index (χ1n) is 7.16. The van der Waals surface area contributed by atoms with E-state index in [-0.39, 0.29) is 5.91 Å². The van der Waals surface area contributed by atoms with Gasteiger partial charge in [-0.25, -0.2) is 0 Å². The lowest BCUT2D eigenvalue weighted by atomic mass is 10.1. The minimum Gasteiger partial charge on any atom is -0.335 e. The number of amides is 1. The Hall–Kier alpha value is -1.87. The summed E-state index contributed by atoms with van der Waals surface area (Å²) in [5.74, 6) is 0.141. The minimum atomic E-state index is 0.141. The van der Waals surface area contributed by atoms with Crippen LogP contribution in [-0.2, 0) is 17.8 Å². The van der Waals surface area contributed by atoms with Gasteiger partial charge in [0.25, 0.3) is 0 Å². The summed E-state index contributed by atoms with van der Waals surface area (Å²) in [7, 11) is 0. The Kier molecular flexibility index (Phi) is 4.20. The lowest BCUT2D eigenvalue weighted by molar-refractivity contribution is -0.131. The summed E-state index contributed by atoms with van der Waals surface area (Å²) in [5, 5.41) is 0.658. The minimum absolute atomic E-state index is 0.141. The molecule has 1 aliphatic carbocycles. The van der Waals surface area contributed by atoms with Crippen molar-refractivity contribution in [3.63, 3.8) is 0 Å². The predicted octanol–water partition coefficient (Wildman–Crippen LogP) is 3.47. The van der Waals surface area contributed by atoms with E-state index in [9.17, 15) is 4.79 Å². The highest BCUT2D eigenvalue weighted by Crippen LogP contribution is 2.29. The third kappa shape index (κ3) is 3.61. The van der Waals surface area contributed by atoms with Crippen LogP contribution in [0, 0.1) is 0 Å². The monoisotopic (exact) mass is 300 g/mol. The third-order valence-corrected chi connectivity index (χ3v) is 4.08. The molecule has 3 nitrogen and oxygen atoms in total. The second-order valence-corrected chi connectivity index (χ2v) is 5.78. The van der Waals surface area contributed by atoms with Crippen molar-refractivity contribution in [3.05, 3.63) is 64.9 Å². The molecule has 0 aliphatic heterocycles. The quantitative estimate of drug-likeness (QED) is 0.847. The molecule has 0 radical (unpaired) electrons. The largest absolute Gasteiger partial charge is 0.335 e. The standard InChI is InChI=1S/C17H17ClN2O/c18-16-4-2-1-3-14(16)11-17(21)20(15-5-6-15)12-13-7-9-19-10-8-13/h1-4,7-10,15H,5-6,11-12H2. The molecule has 0 N–H and O–H groups in total. The molecule has 0 spiro atoms. The number of aromatic nitrogens is 1. The van der Waals surface area contributed by atoms with Crippen LogP contribution in [0.25, 0.3) is 0 Å². The Balaban J connectivity index is 1.72. The summed E-state index contributed by atoms with van der Waals surface area (Å²) in [6, 6.07) is 11.8. The van der Waals surface area contributed by atoms with Gasteiger partial charge < -0.3 is 4.90 Å². The summed E-state index contributed by atoms with van der Waals surface area (Å²) in [6.07, 6.45) is 6.08. The van der Waals surface area contributed by atoms with Crippen molar-refractivity contribution in [1.82, 2.24) is 9.88 Å². The molecule has 21 heavy (non-hydrogen) atoms. The van der Waals surface area contributed by atoms with E-state index in [0.717, 1.165) is 24.0 Å². The Morgan fingerprint density at radius 3 is 2.57 bits per heavy atom. The zero-order valence-electron chi connectivity index (χ0n) is 11.7. The van der Waals surface area contributed by atoms with Crippen LogP contribution in [-0.4, -0.2) is 21.8 Å². The average Bonchev–Trinajstić information content (AvgIpc) is 3.33. The number of nitrogens with zero attached hydrogens (tertiary/aromatic N) is 2. The van der Waals surface area contributed by atoms with Crippen molar-refractivity contribution in [2.45, 2.75) is 31.8 Å². The maximum atomic E-state index is 12.6. The van der Waals surface area contributed by atoms with Crippen molar-refractivity contribution >= 4 is 17.5 Å². The zero-order chi connectivity index (χ0) is 14.7. The molecule has 1 aliphatic rings. The second-order valence-electron chi connectivity index (χ2n) is 5.38. The molecule has 0 saturated heterocycles. The van der Waals surface area contributed by atoms with Crippen LogP contribution in [0.3, 0.4) is 0 Å². The number of hydrogen-bond acceptors (Lipinski definition) is 2. The Labute approximate surface area is 129 Å². The number of pyridine rings is 1. The fraction of sp³-hybridized carbons (Fsp3) is 0.294. The van der Waals surface area contributed by atoms with Gasteiger partial charge in [-0.3, -0.25) is 9.78 Å². The number of benzene rings is 1. The van der Waals surface area contributed by atoms with Crippen LogP contribution < -0.4 is 0 Å². The van der Waals surface area contributed by atoms with E-state index in [1.165, 1.54) is 0 Å². The molecule has 0 unspecified atom stereocenters. The average molecular weight is 301 g/mol. The fourth-order valence-corrected chi connectivity index (χ4v) is 2.60. The molecule has 1 saturated carbocycles. The lowest BCUT2D eigenvalue weighted by Crippen LogP contribution is -2.33. The summed E-state index contributed by atoms with van der Waals surface area (Å²) in [4.78, 5) is 18.6. The van der Waals surface area contributed by atoms with E-state index in [1.54, 1.807) is 12.4 Å². The van der Waals surface area contributed by atoms with Gasteiger partial charge in [-0.15, -0.1) is 0 Å². The molecule has 1 heterocycles. The molecule has 4 heteroatoms. The molecule has 0 atom stereocenters. The molecular formula is C17H17ClN2O. The van der Waals surface area contributed by atoms with E-state index in [0.29, 0.717) is 24.0 Å². The van der Waals surface area contributed by atoms with E-state index < -0.39 is 0 Å². The zero-order valence-corrected chi connectivity index (χ0v) is 12.5. The molecule has 3 rings (SSSR count). The highest BCUT2D eigenvalue weighted by molar-refractivity contribution is 6.31. The Morgan fingerprint density at radius 2 is 1.90 bits per heavy atom. The fourth-order valence-electron chi connectivity index (χ4n) is 2.40. The van der Waals surface area contributed by atoms with Crippen molar-refractivity contribution in [1.29, 1.82) is 0 Å². The molecule has 0 bridgehead atoms. The molecule has 1 fully saturated rings. The van der Waals surface area contributed by atoms with Crippen molar-refractivity contribution in [3.8, 4) is 0 Å². The smallest absolute Gasteiger partial charge is 0.227 e. The summed E-state index contributed by atoms with van der Waals surface area (Å²) in [5.41, 5.74) is 2.01. The molecule has 2 aromatic rings. The van der Waals surface area contributed by atoms with Crippen molar-refractivity contribution < 1.29 is 4.79 Å².